The van der Waals surface area contributed by atoms with E-state index in [1.165, 1.54) is 6.07 Å². The van der Waals surface area contributed by atoms with Gasteiger partial charge < -0.3 is 26.2 Å². The molecule has 1 aliphatic rings. The summed E-state index contributed by atoms with van der Waals surface area (Å²) in [7, 11) is 0. The summed E-state index contributed by atoms with van der Waals surface area (Å²) in [4.78, 5) is 82.3. The number of hydroxylamine groups is 1. The second-order valence-electron chi connectivity index (χ2n) is 8.60. The van der Waals surface area contributed by atoms with Gasteiger partial charge in [-0.05, 0) is 37.7 Å². The summed E-state index contributed by atoms with van der Waals surface area (Å²) in [6.07, 6.45) is 6.85. The number of nitrogens with one attached hydrogen (secondary N) is 4. The summed E-state index contributed by atoms with van der Waals surface area (Å²) >= 11 is 0.853. The Bertz CT molecular complexity index is 1300. The third-order valence-electron chi connectivity index (χ3n) is 5.63. The monoisotopic (exact) mass is 605 g/mol. The molecule has 0 bridgehead atoms. The maximum atomic E-state index is 13.2. The highest BCUT2D eigenvalue weighted by Crippen LogP contribution is 2.28. The zero-order valence-corrected chi connectivity index (χ0v) is 22.7. The van der Waals surface area contributed by atoms with Crippen LogP contribution in [0, 0.1) is 34.5 Å². The Morgan fingerprint density at radius 1 is 1.12 bits per heavy atom. The first kappa shape index (κ1) is 33.4. The standard InChI is InChI=1S/C25H27N5O11S/c1-2-3-12-40-41-26-11-5-4-6-17-23(34)29-19(25(36)37)14-42-20-9-7-15(30(38)39)13-16(20)22(33)27-18(24(35)28-17)8-10-21(31)32/h1,7,9,13,17-19,26H,4-6,8,10-11,14H2,(H,27,33)(H,28,35)(H,29,34)(H,31,32)(H,36,37)/t17?,18?,19-/m0/s1. The summed E-state index contributed by atoms with van der Waals surface area (Å²) in [5.41, 5.74) is 1.78. The van der Waals surface area contributed by atoms with E-state index in [4.69, 9.17) is 11.5 Å². The summed E-state index contributed by atoms with van der Waals surface area (Å²) in [6.45, 7) is 0.232. The maximum Gasteiger partial charge on any atom is 0.327 e. The molecule has 0 aliphatic carbocycles. The van der Waals surface area contributed by atoms with Crippen LogP contribution < -0.4 is 21.4 Å². The quantitative estimate of drug-likeness (QED) is 0.0603. The van der Waals surface area contributed by atoms with Gasteiger partial charge in [-0.2, -0.15) is 5.48 Å². The van der Waals surface area contributed by atoms with Gasteiger partial charge in [-0.3, -0.25) is 34.2 Å². The minimum atomic E-state index is -1.45. The number of thioether (sulfide) groups is 1. The topological polar surface area (TPSA) is 236 Å². The van der Waals surface area contributed by atoms with Crippen LogP contribution in [0.15, 0.2) is 23.1 Å². The Hall–Kier alpha value is -4.84. The van der Waals surface area contributed by atoms with Gasteiger partial charge in [0.15, 0.2) is 6.11 Å². The Morgan fingerprint density at radius 3 is 2.50 bits per heavy atom. The summed E-state index contributed by atoms with van der Waals surface area (Å²) in [5, 5.41) is 37.4. The molecule has 0 radical (unpaired) electrons. The number of carboxylic acids is 2. The van der Waals surface area contributed by atoms with Crippen molar-refractivity contribution in [2.24, 2.45) is 0 Å². The summed E-state index contributed by atoms with van der Waals surface area (Å²) in [5.74, 6) is -1.38. The number of carbonyl (C=O) groups is 5. The Morgan fingerprint density at radius 2 is 1.83 bits per heavy atom. The molecule has 2 unspecified atom stereocenters. The van der Waals surface area contributed by atoms with Gasteiger partial charge in [0.2, 0.25) is 11.8 Å². The van der Waals surface area contributed by atoms with Gasteiger partial charge >= 0.3 is 11.9 Å². The number of non-ortho nitro benzene ring substituents is 1. The second-order valence-corrected chi connectivity index (χ2v) is 9.66. The Labute approximate surface area is 243 Å². The molecule has 6 N–H and O–H groups in total. The molecule has 2 rings (SSSR count). The average Bonchev–Trinajstić information content (AvgIpc) is 2.95. The molecule has 3 amide bonds. The fourth-order valence-corrected chi connectivity index (χ4v) is 4.60. The number of amides is 3. The maximum absolute atomic E-state index is 13.2. The van der Waals surface area contributed by atoms with Crippen LogP contribution in [0.3, 0.4) is 0 Å². The molecule has 42 heavy (non-hydrogen) atoms. The lowest BCUT2D eigenvalue weighted by molar-refractivity contribution is -0.384. The minimum absolute atomic E-state index is 0.0303. The molecule has 1 aromatic carbocycles. The highest BCUT2D eigenvalue weighted by atomic mass is 32.2. The predicted molar refractivity (Wildman–Crippen MR) is 144 cm³/mol. The summed E-state index contributed by atoms with van der Waals surface area (Å²) < 4.78 is 0. The van der Waals surface area contributed by atoms with Crippen molar-refractivity contribution in [2.45, 2.75) is 55.1 Å². The van der Waals surface area contributed by atoms with Crippen molar-refractivity contribution in [3.8, 4) is 24.4 Å². The molecule has 0 aromatic heterocycles. The number of nitrogens with zero attached hydrogens (tertiary/aromatic N) is 1. The van der Waals surface area contributed by atoms with Crippen LogP contribution in [0.5, 0.6) is 0 Å². The lowest BCUT2D eigenvalue weighted by Gasteiger charge is -2.24. The van der Waals surface area contributed by atoms with Crippen molar-refractivity contribution in [1.29, 1.82) is 0 Å². The van der Waals surface area contributed by atoms with E-state index in [1.807, 2.05) is 5.92 Å². The predicted octanol–water partition coefficient (Wildman–Crippen LogP) is -0.0649. The average molecular weight is 606 g/mol. The summed E-state index contributed by atoms with van der Waals surface area (Å²) in [6, 6.07) is -0.812. The number of benzene rings is 1. The fourth-order valence-electron chi connectivity index (χ4n) is 3.56. The van der Waals surface area contributed by atoms with E-state index in [2.05, 4.69) is 43.3 Å². The largest absolute Gasteiger partial charge is 0.481 e. The van der Waals surface area contributed by atoms with E-state index < -0.39 is 64.8 Å². The van der Waals surface area contributed by atoms with Crippen molar-refractivity contribution in [2.75, 3.05) is 12.3 Å². The van der Waals surface area contributed by atoms with Gasteiger partial charge in [0.05, 0.1) is 10.5 Å². The highest BCUT2D eigenvalue weighted by Gasteiger charge is 2.32. The highest BCUT2D eigenvalue weighted by molar-refractivity contribution is 7.99. The van der Waals surface area contributed by atoms with Crippen molar-refractivity contribution in [3.63, 3.8) is 0 Å². The molecular weight excluding hydrogens is 578 g/mol. The van der Waals surface area contributed by atoms with Gasteiger partial charge in [-0.25, -0.2) is 4.79 Å². The van der Waals surface area contributed by atoms with Gasteiger partial charge in [-0.1, -0.05) is 4.99 Å². The zero-order chi connectivity index (χ0) is 31.1. The van der Waals surface area contributed by atoms with Crippen molar-refractivity contribution in [1.82, 2.24) is 21.4 Å². The molecule has 17 heteroatoms. The zero-order valence-electron chi connectivity index (χ0n) is 21.9. The van der Waals surface area contributed by atoms with E-state index in [0.717, 1.165) is 23.9 Å². The minimum Gasteiger partial charge on any atom is -0.481 e. The first-order valence-electron chi connectivity index (χ1n) is 12.3. The third-order valence-corrected chi connectivity index (χ3v) is 6.79. The second kappa shape index (κ2) is 17.1. The van der Waals surface area contributed by atoms with Crippen molar-refractivity contribution < 1.29 is 49.0 Å². The number of unbranched alkanes of at least 4 members (excludes halogenated alkanes) is 1. The van der Waals surface area contributed by atoms with Crippen LogP contribution in [-0.4, -0.2) is 75.2 Å². The van der Waals surface area contributed by atoms with Crippen LogP contribution in [0.2, 0.25) is 0 Å². The molecule has 1 heterocycles. The molecule has 1 aliphatic heterocycles. The molecule has 0 fully saturated rings. The van der Waals surface area contributed by atoms with Crippen LogP contribution >= 0.6 is 11.8 Å². The number of rotatable bonds is 12. The van der Waals surface area contributed by atoms with Gasteiger partial charge in [0, 0.05) is 41.7 Å². The van der Waals surface area contributed by atoms with Crippen LogP contribution in [-0.2, 0) is 29.1 Å². The smallest absolute Gasteiger partial charge is 0.327 e. The SMILES string of the molecule is C#CC#COONCCCCC1NC(=O)C(CCC(=O)O)NC(=O)c2cc([N+](=O)[O-])ccc2SC[C@@H](C(=O)O)NC1=O. The number of nitro benzene ring substituents is 1. The molecule has 1 aromatic rings. The Balaban J connectivity index is 2.30. The van der Waals surface area contributed by atoms with Gasteiger partial charge in [-0.15, -0.1) is 18.2 Å². The van der Waals surface area contributed by atoms with E-state index in [-0.39, 0.29) is 35.6 Å². The third kappa shape index (κ3) is 11.0. The normalized spacial score (nSPS) is 18.9. The lowest BCUT2D eigenvalue weighted by atomic mass is 10.1. The number of fused-ring (bicyclic) bond motifs is 1. The number of hydrogen-bond donors (Lipinski definition) is 6. The molecule has 224 valence electrons. The number of aliphatic carboxylic acids is 2. The van der Waals surface area contributed by atoms with E-state index in [1.54, 1.807) is 0 Å². The van der Waals surface area contributed by atoms with Crippen molar-refractivity contribution >= 4 is 47.1 Å². The fraction of sp³-hybridized carbons (Fsp3) is 0.400. The van der Waals surface area contributed by atoms with Crippen LogP contribution in [0.4, 0.5) is 5.69 Å². The number of carbonyl (C=O) groups excluding carboxylic acids is 3. The molecule has 0 spiro atoms. The first-order valence-corrected chi connectivity index (χ1v) is 13.3. The number of carboxylic acid groups (broad SMARTS) is 2. The lowest BCUT2D eigenvalue weighted by Crippen LogP contribution is -2.56. The molecule has 0 saturated heterocycles. The molecule has 3 atom stereocenters. The number of nitro groups is 1. The van der Waals surface area contributed by atoms with Gasteiger partial charge in [0.1, 0.15) is 18.1 Å². The molecule has 0 saturated carbocycles. The van der Waals surface area contributed by atoms with E-state index >= 15 is 0 Å². The molecular formula is C25H27N5O11S. The number of terminal acetylenes is 1. The van der Waals surface area contributed by atoms with E-state index in [9.17, 15) is 39.2 Å². The van der Waals surface area contributed by atoms with Crippen LogP contribution in [0.1, 0.15) is 42.5 Å². The number of hydrogen-bond acceptors (Lipinski definition) is 11. The molecule has 16 nitrogen and oxygen atoms in total. The van der Waals surface area contributed by atoms with Crippen LogP contribution in [0.25, 0.3) is 0 Å². The first-order chi connectivity index (χ1) is 20.0. The van der Waals surface area contributed by atoms with E-state index in [0.29, 0.717) is 12.8 Å². The Kier molecular flexibility index (Phi) is 13.6. The van der Waals surface area contributed by atoms with Crippen molar-refractivity contribution in [3.05, 3.63) is 33.9 Å². The van der Waals surface area contributed by atoms with Gasteiger partial charge in [0.25, 0.3) is 11.6 Å².